The molecule has 3 aromatic rings. The maximum atomic E-state index is 11.7. The van der Waals surface area contributed by atoms with Crippen molar-refractivity contribution in [3.63, 3.8) is 0 Å². The van der Waals surface area contributed by atoms with Crippen molar-refractivity contribution in [2.45, 2.75) is 160 Å². The summed E-state index contributed by atoms with van der Waals surface area (Å²) < 4.78 is 18.6. The zero-order chi connectivity index (χ0) is 37.0. The molecular weight excluding hydrogens is 645 g/mol. The molecule has 0 amide bonds. The fourth-order valence-electron chi connectivity index (χ4n) is 7.17. The highest BCUT2D eigenvalue weighted by atomic mass is 16.6. The Bertz CT molecular complexity index is 1170. The molecule has 0 saturated heterocycles. The van der Waals surface area contributed by atoms with Gasteiger partial charge in [0, 0.05) is 13.0 Å². The third-order valence-electron chi connectivity index (χ3n) is 10.2. The Morgan fingerprint density at radius 3 is 1.46 bits per heavy atom. The number of carbonyl (C=O) groups is 1. The summed E-state index contributed by atoms with van der Waals surface area (Å²) in [7, 11) is 0. The predicted molar refractivity (Wildman–Crippen MR) is 216 cm³/mol. The van der Waals surface area contributed by atoms with Crippen LogP contribution in [0.1, 0.15) is 159 Å². The lowest BCUT2D eigenvalue weighted by Crippen LogP contribution is -2.40. The van der Waals surface area contributed by atoms with Crippen LogP contribution < -0.4 is 0 Å². The second-order valence-electron chi connectivity index (χ2n) is 14.4. The van der Waals surface area contributed by atoms with Crippen LogP contribution in [0.4, 0.5) is 0 Å². The van der Waals surface area contributed by atoms with E-state index in [9.17, 15) is 9.90 Å². The van der Waals surface area contributed by atoms with E-state index in [0.717, 1.165) is 55.2 Å². The van der Waals surface area contributed by atoms with Crippen molar-refractivity contribution in [3.05, 3.63) is 108 Å². The minimum absolute atomic E-state index is 0.124. The van der Waals surface area contributed by atoms with Crippen LogP contribution in [-0.2, 0) is 24.6 Å². The highest BCUT2D eigenvalue weighted by molar-refractivity contribution is 5.69. The Labute approximate surface area is 316 Å². The fourth-order valence-corrected chi connectivity index (χ4v) is 7.17. The SMILES string of the molecule is CCCCCCCCCCCCCCCCC(O)C(COC(c1ccccc1)(c1ccccc1)c1ccccc1)OCCCCCCC(=O)OCC. The second-order valence-corrected chi connectivity index (χ2v) is 14.4. The zero-order valence-corrected chi connectivity index (χ0v) is 32.7. The van der Waals surface area contributed by atoms with Gasteiger partial charge in [0.15, 0.2) is 0 Å². The van der Waals surface area contributed by atoms with Gasteiger partial charge in [-0.3, -0.25) is 4.79 Å². The van der Waals surface area contributed by atoms with Crippen LogP contribution >= 0.6 is 0 Å². The van der Waals surface area contributed by atoms with Gasteiger partial charge in [-0.05, 0) is 42.9 Å². The maximum absolute atomic E-state index is 11.7. The molecule has 0 aliphatic heterocycles. The zero-order valence-electron chi connectivity index (χ0n) is 32.7. The van der Waals surface area contributed by atoms with Crippen LogP contribution in [0, 0.1) is 0 Å². The third-order valence-corrected chi connectivity index (χ3v) is 10.2. The molecule has 52 heavy (non-hydrogen) atoms. The summed E-state index contributed by atoms with van der Waals surface area (Å²) in [5, 5.41) is 11.6. The molecule has 0 aliphatic rings. The number of aliphatic hydroxyl groups is 1. The second kappa shape index (κ2) is 27.6. The van der Waals surface area contributed by atoms with Gasteiger partial charge >= 0.3 is 5.97 Å². The van der Waals surface area contributed by atoms with Gasteiger partial charge in [0.1, 0.15) is 11.7 Å². The first-order chi connectivity index (χ1) is 25.6. The molecule has 288 valence electrons. The molecule has 1 N–H and O–H groups in total. The first-order valence-electron chi connectivity index (χ1n) is 20.9. The van der Waals surface area contributed by atoms with E-state index in [2.05, 4.69) is 79.7 Å². The number of carbonyl (C=O) groups excluding carboxylic acids is 1. The standard InChI is InChI=1S/C47H70O5/c1-3-5-6-7-8-9-10-11-12-13-14-15-16-28-37-44(48)45(51-39-30-18-17-29-38-46(49)50-4-2)40-52-47(41-31-22-19-23-32-41,42-33-24-20-25-34-42)43-35-26-21-27-36-43/h19-27,31-36,44-45,48H,3-18,28-30,37-40H2,1-2H3. The van der Waals surface area contributed by atoms with E-state index in [1.54, 1.807) is 0 Å². The van der Waals surface area contributed by atoms with Crippen molar-refractivity contribution >= 4 is 5.97 Å². The largest absolute Gasteiger partial charge is 0.466 e. The molecule has 2 atom stereocenters. The van der Waals surface area contributed by atoms with Gasteiger partial charge in [-0.1, -0.05) is 201 Å². The Morgan fingerprint density at radius 1 is 0.577 bits per heavy atom. The van der Waals surface area contributed by atoms with Crippen LogP contribution in [0.15, 0.2) is 91.0 Å². The minimum atomic E-state index is -0.868. The number of aliphatic hydroxyl groups excluding tert-OH is 1. The maximum Gasteiger partial charge on any atom is 0.305 e. The van der Waals surface area contributed by atoms with Crippen LogP contribution in [0.25, 0.3) is 0 Å². The Kier molecular flexibility index (Phi) is 23.0. The van der Waals surface area contributed by atoms with Gasteiger partial charge in [-0.2, -0.15) is 0 Å². The number of rotatable bonds is 31. The molecule has 0 bridgehead atoms. The lowest BCUT2D eigenvalue weighted by molar-refractivity contribution is -0.143. The molecular formula is C47H70O5. The first-order valence-corrected chi connectivity index (χ1v) is 20.9. The quantitative estimate of drug-likeness (QED) is 0.0408. The first kappa shape index (κ1) is 43.4. The average molecular weight is 715 g/mol. The van der Waals surface area contributed by atoms with Crippen molar-refractivity contribution in [3.8, 4) is 0 Å². The van der Waals surface area contributed by atoms with E-state index in [1.165, 1.54) is 77.0 Å². The smallest absolute Gasteiger partial charge is 0.305 e. The van der Waals surface area contributed by atoms with E-state index in [1.807, 2.05) is 25.1 Å². The fraction of sp³-hybridized carbons (Fsp3) is 0.596. The Morgan fingerprint density at radius 2 is 1.00 bits per heavy atom. The van der Waals surface area contributed by atoms with Crippen LogP contribution in [-0.4, -0.2) is 43.1 Å². The Balaban J connectivity index is 1.58. The Hall–Kier alpha value is -2.99. The number of unbranched alkanes of at least 4 members (excludes halogenated alkanes) is 16. The summed E-state index contributed by atoms with van der Waals surface area (Å²) >= 11 is 0. The molecule has 3 rings (SSSR count). The molecule has 3 aromatic carbocycles. The van der Waals surface area contributed by atoms with Gasteiger partial charge in [-0.15, -0.1) is 0 Å². The molecule has 2 unspecified atom stereocenters. The van der Waals surface area contributed by atoms with E-state index in [-0.39, 0.29) is 12.6 Å². The number of hydrogen-bond acceptors (Lipinski definition) is 5. The summed E-state index contributed by atoms with van der Waals surface area (Å²) in [6, 6.07) is 31.2. The van der Waals surface area contributed by atoms with Gasteiger partial charge in [-0.25, -0.2) is 0 Å². The van der Waals surface area contributed by atoms with Crippen LogP contribution in [0.3, 0.4) is 0 Å². The number of benzene rings is 3. The topological polar surface area (TPSA) is 65.0 Å². The predicted octanol–water partition coefficient (Wildman–Crippen LogP) is 12.1. The third kappa shape index (κ3) is 16.4. The summed E-state index contributed by atoms with van der Waals surface area (Å²) in [5.74, 6) is -0.124. The highest BCUT2D eigenvalue weighted by Gasteiger charge is 2.39. The van der Waals surface area contributed by atoms with Gasteiger partial charge in [0.25, 0.3) is 0 Å². The van der Waals surface area contributed by atoms with E-state index in [4.69, 9.17) is 14.2 Å². The van der Waals surface area contributed by atoms with Crippen LogP contribution in [0.2, 0.25) is 0 Å². The highest BCUT2D eigenvalue weighted by Crippen LogP contribution is 2.40. The van der Waals surface area contributed by atoms with Crippen molar-refractivity contribution in [2.75, 3.05) is 19.8 Å². The molecule has 0 aromatic heterocycles. The minimum Gasteiger partial charge on any atom is -0.466 e. The molecule has 0 heterocycles. The van der Waals surface area contributed by atoms with Crippen molar-refractivity contribution < 1.29 is 24.1 Å². The van der Waals surface area contributed by atoms with E-state index in [0.29, 0.717) is 26.1 Å². The number of hydrogen-bond donors (Lipinski definition) is 1. The molecule has 0 spiro atoms. The normalized spacial score (nSPS) is 12.8. The summed E-state index contributed by atoms with van der Waals surface area (Å²) in [6.07, 6.45) is 22.0. The molecule has 0 aliphatic carbocycles. The molecule has 0 saturated carbocycles. The summed E-state index contributed by atoms with van der Waals surface area (Å²) in [6.45, 7) is 5.34. The summed E-state index contributed by atoms with van der Waals surface area (Å²) in [4.78, 5) is 11.7. The van der Waals surface area contributed by atoms with Crippen molar-refractivity contribution in [2.24, 2.45) is 0 Å². The van der Waals surface area contributed by atoms with Gasteiger partial charge in [0.05, 0.1) is 19.3 Å². The van der Waals surface area contributed by atoms with Crippen molar-refractivity contribution in [1.29, 1.82) is 0 Å². The monoisotopic (exact) mass is 715 g/mol. The summed E-state index contributed by atoms with van der Waals surface area (Å²) in [5.41, 5.74) is 2.24. The lowest BCUT2D eigenvalue weighted by atomic mass is 9.80. The van der Waals surface area contributed by atoms with Gasteiger partial charge in [0.2, 0.25) is 0 Å². The number of esters is 1. The van der Waals surface area contributed by atoms with Crippen LogP contribution in [0.5, 0.6) is 0 Å². The number of ether oxygens (including phenoxy) is 3. The van der Waals surface area contributed by atoms with Crippen molar-refractivity contribution in [1.82, 2.24) is 0 Å². The van der Waals surface area contributed by atoms with E-state index >= 15 is 0 Å². The molecule has 5 nitrogen and oxygen atoms in total. The van der Waals surface area contributed by atoms with E-state index < -0.39 is 17.8 Å². The lowest BCUT2D eigenvalue weighted by Gasteiger charge is -2.37. The average Bonchev–Trinajstić information content (AvgIpc) is 3.18. The molecule has 0 radical (unpaired) electrons. The molecule has 5 heteroatoms. The molecule has 0 fully saturated rings. The van der Waals surface area contributed by atoms with Gasteiger partial charge < -0.3 is 19.3 Å².